The maximum absolute atomic E-state index is 10.9. The molecule has 4 heteroatoms. The van der Waals surface area contributed by atoms with Crippen LogP contribution in [0.4, 0.5) is 0 Å². The third-order valence-electron chi connectivity index (χ3n) is 3.09. The Bertz CT molecular complexity index is 381. The maximum atomic E-state index is 10.9. The molecule has 0 amide bonds. The predicted molar refractivity (Wildman–Crippen MR) is 64.1 cm³/mol. The maximum Gasteiger partial charge on any atom is 0.335 e. The molecular formula is C13H18O4. The van der Waals surface area contributed by atoms with Gasteiger partial charge in [0.15, 0.2) is 5.60 Å². The monoisotopic (exact) mass is 238 g/mol. The summed E-state index contributed by atoms with van der Waals surface area (Å²) in [6.45, 7) is 3.04. The van der Waals surface area contributed by atoms with Crippen molar-refractivity contribution < 1.29 is 19.7 Å². The zero-order valence-electron chi connectivity index (χ0n) is 10.3. The van der Waals surface area contributed by atoms with E-state index in [1.165, 1.54) is 6.92 Å². The van der Waals surface area contributed by atoms with E-state index < -0.39 is 11.6 Å². The molecule has 2 N–H and O–H groups in total. The smallest absolute Gasteiger partial charge is 0.335 e. The van der Waals surface area contributed by atoms with E-state index in [4.69, 9.17) is 9.84 Å². The van der Waals surface area contributed by atoms with Gasteiger partial charge in [-0.25, -0.2) is 4.79 Å². The summed E-state index contributed by atoms with van der Waals surface area (Å²) in [6.07, 6.45) is 0.503. The molecule has 2 atom stereocenters. The summed E-state index contributed by atoms with van der Waals surface area (Å²) in [5.41, 5.74) is -0.736. The number of benzene rings is 1. The third-order valence-corrected chi connectivity index (χ3v) is 3.09. The molecule has 4 nitrogen and oxygen atoms in total. The SMILES string of the molecule is COc1ccc(CC(C)C(C)(O)C(=O)O)cc1. The van der Waals surface area contributed by atoms with Crippen molar-refractivity contribution in [1.29, 1.82) is 0 Å². The molecule has 0 aromatic heterocycles. The van der Waals surface area contributed by atoms with Gasteiger partial charge < -0.3 is 14.9 Å². The van der Waals surface area contributed by atoms with E-state index in [9.17, 15) is 9.90 Å². The minimum absolute atomic E-state index is 0.367. The Morgan fingerprint density at radius 2 is 1.94 bits per heavy atom. The lowest BCUT2D eigenvalue weighted by molar-refractivity contribution is -0.161. The highest BCUT2D eigenvalue weighted by molar-refractivity contribution is 5.76. The van der Waals surface area contributed by atoms with Crippen LogP contribution in [0.2, 0.25) is 0 Å². The predicted octanol–water partition coefficient (Wildman–Crippen LogP) is 1.71. The third kappa shape index (κ3) is 3.20. The topological polar surface area (TPSA) is 66.8 Å². The Morgan fingerprint density at radius 1 is 1.41 bits per heavy atom. The van der Waals surface area contributed by atoms with Crippen LogP contribution in [0.15, 0.2) is 24.3 Å². The molecule has 1 aromatic carbocycles. The molecule has 2 unspecified atom stereocenters. The van der Waals surface area contributed by atoms with Gasteiger partial charge in [-0.3, -0.25) is 0 Å². The fourth-order valence-electron chi connectivity index (χ4n) is 1.52. The summed E-state index contributed by atoms with van der Waals surface area (Å²) in [6, 6.07) is 7.37. The molecule has 1 aromatic rings. The van der Waals surface area contributed by atoms with Crippen molar-refractivity contribution in [3.63, 3.8) is 0 Å². The van der Waals surface area contributed by atoms with E-state index in [0.717, 1.165) is 11.3 Å². The van der Waals surface area contributed by atoms with Crippen LogP contribution in [0.5, 0.6) is 5.75 Å². The highest BCUT2D eigenvalue weighted by Gasteiger charge is 2.36. The summed E-state index contributed by atoms with van der Waals surface area (Å²) in [5.74, 6) is -0.807. The number of hydrogen-bond acceptors (Lipinski definition) is 3. The molecular weight excluding hydrogens is 220 g/mol. The number of methoxy groups -OCH3 is 1. The van der Waals surface area contributed by atoms with Crippen LogP contribution < -0.4 is 4.74 Å². The van der Waals surface area contributed by atoms with Crippen molar-refractivity contribution in [2.24, 2.45) is 5.92 Å². The van der Waals surface area contributed by atoms with E-state index in [-0.39, 0.29) is 5.92 Å². The van der Waals surface area contributed by atoms with Crippen molar-refractivity contribution in [1.82, 2.24) is 0 Å². The Kier molecular flexibility index (Phi) is 4.12. The first-order valence-electron chi connectivity index (χ1n) is 5.46. The summed E-state index contributed by atoms with van der Waals surface area (Å²) < 4.78 is 5.04. The van der Waals surface area contributed by atoms with Crippen molar-refractivity contribution in [2.45, 2.75) is 25.9 Å². The van der Waals surface area contributed by atoms with E-state index in [1.54, 1.807) is 14.0 Å². The molecule has 0 heterocycles. The van der Waals surface area contributed by atoms with Gasteiger partial charge >= 0.3 is 5.97 Å². The van der Waals surface area contributed by atoms with E-state index >= 15 is 0 Å². The Morgan fingerprint density at radius 3 is 2.35 bits per heavy atom. The second-order valence-electron chi connectivity index (χ2n) is 4.41. The second-order valence-corrected chi connectivity index (χ2v) is 4.41. The highest BCUT2D eigenvalue weighted by atomic mass is 16.5. The molecule has 0 aliphatic rings. The van der Waals surface area contributed by atoms with Gasteiger partial charge in [0.25, 0.3) is 0 Å². The van der Waals surface area contributed by atoms with Crippen LogP contribution >= 0.6 is 0 Å². The molecule has 0 radical (unpaired) electrons. The van der Waals surface area contributed by atoms with Gasteiger partial charge in [0.1, 0.15) is 5.75 Å². The first kappa shape index (κ1) is 13.5. The lowest BCUT2D eigenvalue weighted by Crippen LogP contribution is -2.42. The van der Waals surface area contributed by atoms with Crippen LogP contribution in [0.25, 0.3) is 0 Å². The van der Waals surface area contributed by atoms with Crippen LogP contribution in [-0.4, -0.2) is 28.9 Å². The lowest BCUT2D eigenvalue weighted by Gasteiger charge is -2.25. The van der Waals surface area contributed by atoms with Gasteiger partial charge in [0.2, 0.25) is 0 Å². The van der Waals surface area contributed by atoms with Crippen LogP contribution in [-0.2, 0) is 11.2 Å². The van der Waals surface area contributed by atoms with Gasteiger partial charge in [-0.1, -0.05) is 19.1 Å². The van der Waals surface area contributed by atoms with E-state index in [0.29, 0.717) is 6.42 Å². The van der Waals surface area contributed by atoms with Gasteiger partial charge in [0.05, 0.1) is 7.11 Å². The first-order valence-corrected chi connectivity index (χ1v) is 5.46. The minimum Gasteiger partial charge on any atom is -0.497 e. The van der Waals surface area contributed by atoms with Gasteiger partial charge in [-0.2, -0.15) is 0 Å². The molecule has 0 aliphatic heterocycles. The number of aliphatic carboxylic acids is 1. The Balaban J connectivity index is 2.74. The zero-order valence-corrected chi connectivity index (χ0v) is 10.3. The quantitative estimate of drug-likeness (QED) is 0.819. The van der Waals surface area contributed by atoms with Crippen molar-refractivity contribution in [2.75, 3.05) is 7.11 Å². The number of ether oxygens (including phenoxy) is 1. The molecule has 0 saturated carbocycles. The summed E-state index contributed by atoms with van der Waals surface area (Å²) in [4.78, 5) is 10.9. The molecule has 0 aliphatic carbocycles. The van der Waals surface area contributed by atoms with Crippen LogP contribution in [0.1, 0.15) is 19.4 Å². The molecule has 0 fully saturated rings. The average Bonchev–Trinajstić information content (AvgIpc) is 2.29. The van der Waals surface area contributed by atoms with E-state index in [1.807, 2.05) is 24.3 Å². The number of aliphatic hydroxyl groups is 1. The van der Waals surface area contributed by atoms with Gasteiger partial charge in [0, 0.05) is 0 Å². The fourth-order valence-corrected chi connectivity index (χ4v) is 1.52. The largest absolute Gasteiger partial charge is 0.497 e. The average molecular weight is 238 g/mol. The summed E-state index contributed by atoms with van der Waals surface area (Å²) >= 11 is 0. The standard InChI is InChI=1S/C13H18O4/c1-9(13(2,16)12(14)15)8-10-4-6-11(17-3)7-5-10/h4-7,9,16H,8H2,1-3H3,(H,14,15). The molecule has 94 valence electrons. The first-order chi connectivity index (χ1) is 7.87. The molecule has 0 saturated heterocycles. The van der Waals surface area contributed by atoms with Crippen LogP contribution in [0.3, 0.4) is 0 Å². The molecule has 0 bridgehead atoms. The minimum atomic E-state index is -1.71. The van der Waals surface area contributed by atoms with Gasteiger partial charge in [-0.05, 0) is 37.0 Å². The zero-order chi connectivity index (χ0) is 13.1. The van der Waals surface area contributed by atoms with E-state index in [2.05, 4.69) is 0 Å². The summed E-state index contributed by atoms with van der Waals surface area (Å²) in [5, 5.41) is 18.7. The number of rotatable bonds is 5. The second kappa shape index (κ2) is 5.19. The van der Waals surface area contributed by atoms with Crippen molar-refractivity contribution in [3.8, 4) is 5.75 Å². The molecule has 0 spiro atoms. The van der Waals surface area contributed by atoms with Gasteiger partial charge in [-0.15, -0.1) is 0 Å². The summed E-state index contributed by atoms with van der Waals surface area (Å²) in [7, 11) is 1.59. The fraction of sp³-hybridized carbons (Fsp3) is 0.462. The van der Waals surface area contributed by atoms with Crippen LogP contribution in [0, 0.1) is 5.92 Å². The highest BCUT2D eigenvalue weighted by Crippen LogP contribution is 2.22. The Hall–Kier alpha value is -1.55. The molecule has 17 heavy (non-hydrogen) atoms. The number of carbonyl (C=O) groups is 1. The normalized spacial score (nSPS) is 16.0. The number of carboxylic acids is 1. The van der Waals surface area contributed by atoms with Crippen molar-refractivity contribution >= 4 is 5.97 Å². The number of hydrogen-bond donors (Lipinski definition) is 2. The Labute approximate surface area is 101 Å². The van der Waals surface area contributed by atoms with Crippen molar-refractivity contribution in [3.05, 3.63) is 29.8 Å². The lowest BCUT2D eigenvalue weighted by atomic mass is 9.86. The number of carboxylic acid groups (broad SMARTS) is 1. The molecule has 1 rings (SSSR count).